The maximum Gasteiger partial charge on any atom is 0.239 e. The zero-order chi connectivity index (χ0) is 16.8. The minimum absolute atomic E-state index is 0.0118. The fraction of sp³-hybridized carbons (Fsp3) is 0.579. The average molecular weight is 329 g/mol. The Morgan fingerprint density at radius 3 is 2.50 bits per heavy atom. The minimum Gasteiger partial charge on any atom is -0.352 e. The molecule has 0 radical (unpaired) electrons. The van der Waals surface area contributed by atoms with E-state index in [1.165, 1.54) is 0 Å². The van der Waals surface area contributed by atoms with Crippen molar-refractivity contribution in [2.24, 2.45) is 5.92 Å². The number of carbonyl (C=O) groups excluding carboxylic acids is 2. The molecule has 2 N–H and O–H groups in total. The van der Waals surface area contributed by atoms with Crippen molar-refractivity contribution in [1.29, 1.82) is 0 Å². The number of hydrogen-bond acceptors (Lipinski definition) is 3. The molecule has 24 heavy (non-hydrogen) atoms. The van der Waals surface area contributed by atoms with E-state index in [2.05, 4.69) is 10.6 Å². The average Bonchev–Trinajstić information content (AvgIpc) is 2.67. The van der Waals surface area contributed by atoms with Crippen LogP contribution < -0.4 is 10.6 Å². The minimum atomic E-state index is -0.0118. The summed E-state index contributed by atoms with van der Waals surface area (Å²) in [5, 5.41) is 6.34. The van der Waals surface area contributed by atoms with Crippen molar-refractivity contribution in [2.75, 3.05) is 19.6 Å². The van der Waals surface area contributed by atoms with Gasteiger partial charge in [0.2, 0.25) is 11.8 Å². The second-order valence-corrected chi connectivity index (χ2v) is 6.81. The summed E-state index contributed by atoms with van der Waals surface area (Å²) in [6.07, 6.45) is 4.75. The lowest BCUT2D eigenvalue weighted by Crippen LogP contribution is -2.51. The molecule has 5 heteroatoms. The number of carbonyl (C=O) groups is 2. The van der Waals surface area contributed by atoms with Crippen LogP contribution in [0.4, 0.5) is 0 Å². The number of amides is 2. The van der Waals surface area contributed by atoms with Gasteiger partial charge in [-0.3, -0.25) is 9.59 Å². The van der Waals surface area contributed by atoms with E-state index in [1.54, 1.807) is 0 Å². The van der Waals surface area contributed by atoms with Gasteiger partial charge in [0.15, 0.2) is 0 Å². The normalized spacial score (nSPS) is 22.2. The van der Waals surface area contributed by atoms with E-state index >= 15 is 0 Å². The van der Waals surface area contributed by atoms with Gasteiger partial charge in [0.25, 0.3) is 0 Å². The molecule has 2 amide bonds. The van der Waals surface area contributed by atoms with Gasteiger partial charge < -0.3 is 15.5 Å². The van der Waals surface area contributed by atoms with Crippen LogP contribution in [0.15, 0.2) is 30.3 Å². The van der Waals surface area contributed by atoms with E-state index in [0.717, 1.165) is 44.2 Å². The maximum atomic E-state index is 12.5. The van der Waals surface area contributed by atoms with Crippen LogP contribution in [0.25, 0.3) is 0 Å². The molecule has 2 fully saturated rings. The quantitative estimate of drug-likeness (QED) is 0.883. The van der Waals surface area contributed by atoms with Gasteiger partial charge in [-0.15, -0.1) is 0 Å². The van der Waals surface area contributed by atoms with Crippen molar-refractivity contribution < 1.29 is 9.59 Å². The third kappa shape index (κ3) is 4.35. The maximum absolute atomic E-state index is 12.5. The number of piperidine rings is 2. The van der Waals surface area contributed by atoms with Gasteiger partial charge in [-0.1, -0.05) is 36.8 Å². The monoisotopic (exact) mass is 329 g/mol. The van der Waals surface area contributed by atoms with Crippen LogP contribution in [0, 0.1) is 5.92 Å². The first-order chi connectivity index (χ1) is 11.7. The van der Waals surface area contributed by atoms with Gasteiger partial charge >= 0.3 is 0 Å². The molecule has 1 aromatic rings. The lowest BCUT2D eigenvalue weighted by atomic mass is 9.94. The van der Waals surface area contributed by atoms with Gasteiger partial charge in [0.05, 0.1) is 6.04 Å². The fourth-order valence-corrected chi connectivity index (χ4v) is 3.57. The van der Waals surface area contributed by atoms with Crippen molar-refractivity contribution in [3.63, 3.8) is 0 Å². The predicted octanol–water partition coefficient (Wildman–Crippen LogP) is 1.68. The molecule has 1 unspecified atom stereocenters. The van der Waals surface area contributed by atoms with Gasteiger partial charge in [0, 0.05) is 25.6 Å². The van der Waals surface area contributed by atoms with Crippen LogP contribution in [0.5, 0.6) is 0 Å². The summed E-state index contributed by atoms with van der Waals surface area (Å²) in [7, 11) is 0. The Morgan fingerprint density at radius 2 is 1.83 bits per heavy atom. The van der Waals surface area contributed by atoms with E-state index in [9.17, 15) is 9.59 Å². The van der Waals surface area contributed by atoms with Crippen LogP contribution in [0.1, 0.15) is 37.7 Å². The highest BCUT2D eigenvalue weighted by Gasteiger charge is 2.31. The third-order valence-electron chi connectivity index (χ3n) is 5.10. The van der Waals surface area contributed by atoms with Crippen LogP contribution in [-0.4, -0.2) is 42.4 Å². The lowest BCUT2D eigenvalue weighted by Gasteiger charge is -2.35. The SMILES string of the molecule is O=C(NCc1ccccc1)C1CCN(C(=O)C2CCCCN2)CC1. The Kier molecular flexibility index (Phi) is 5.86. The summed E-state index contributed by atoms with van der Waals surface area (Å²) in [5.74, 6) is 0.358. The Balaban J connectivity index is 1.42. The molecule has 2 aliphatic rings. The van der Waals surface area contributed by atoms with Crippen LogP contribution in [-0.2, 0) is 16.1 Å². The van der Waals surface area contributed by atoms with Gasteiger partial charge in [-0.2, -0.15) is 0 Å². The van der Waals surface area contributed by atoms with E-state index in [1.807, 2.05) is 35.2 Å². The molecule has 0 saturated carbocycles. The predicted molar refractivity (Wildman–Crippen MR) is 93.2 cm³/mol. The van der Waals surface area contributed by atoms with Crippen LogP contribution >= 0.6 is 0 Å². The summed E-state index contributed by atoms with van der Waals surface area (Å²) < 4.78 is 0. The number of benzene rings is 1. The Labute approximate surface area is 143 Å². The fourth-order valence-electron chi connectivity index (χ4n) is 3.57. The van der Waals surface area contributed by atoms with Crippen molar-refractivity contribution >= 4 is 11.8 Å². The number of nitrogens with zero attached hydrogens (tertiary/aromatic N) is 1. The molecule has 1 aromatic carbocycles. The molecule has 0 aliphatic carbocycles. The zero-order valence-corrected chi connectivity index (χ0v) is 14.2. The lowest BCUT2D eigenvalue weighted by molar-refractivity contribution is -0.137. The second-order valence-electron chi connectivity index (χ2n) is 6.81. The summed E-state index contributed by atoms with van der Waals surface area (Å²) in [4.78, 5) is 26.8. The van der Waals surface area contributed by atoms with E-state index < -0.39 is 0 Å². The number of rotatable bonds is 4. The topological polar surface area (TPSA) is 61.4 Å². The highest BCUT2D eigenvalue weighted by atomic mass is 16.2. The van der Waals surface area contributed by atoms with Gasteiger partial charge in [0.1, 0.15) is 0 Å². The van der Waals surface area contributed by atoms with E-state index in [-0.39, 0.29) is 23.8 Å². The highest BCUT2D eigenvalue weighted by Crippen LogP contribution is 2.20. The molecular weight excluding hydrogens is 302 g/mol. The Bertz CT molecular complexity index is 547. The van der Waals surface area contributed by atoms with E-state index in [0.29, 0.717) is 19.6 Å². The first kappa shape index (κ1) is 17.0. The molecule has 2 aliphatic heterocycles. The number of likely N-dealkylation sites (tertiary alicyclic amines) is 1. The summed E-state index contributed by atoms with van der Waals surface area (Å²) in [6, 6.07) is 9.94. The standard InChI is InChI=1S/C19H27N3O2/c23-18(21-14-15-6-2-1-3-7-15)16-9-12-22(13-10-16)19(24)17-8-4-5-11-20-17/h1-3,6-7,16-17,20H,4-5,8-14H2,(H,21,23). The van der Waals surface area contributed by atoms with Crippen LogP contribution in [0.3, 0.4) is 0 Å². The molecule has 5 nitrogen and oxygen atoms in total. The molecule has 2 heterocycles. The molecule has 130 valence electrons. The first-order valence-corrected chi connectivity index (χ1v) is 9.08. The summed E-state index contributed by atoms with van der Waals surface area (Å²) >= 11 is 0. The van der Waals surface area contributed by atoms with Crippen molar-refractivity contribution in [1.82, 2.24) is 15.5 Å². The summed E-state index contributed by atoms with van der Waals surface area (Å²) in [6.45, 7) is 2.90. The van der Waals surface area contributed by atoms with Crippen molar-refractivity contribution in [2.45, 2.75) is 44.7 Å². The molecule has 0 aromatic heterocycles. The summed E-state index contributed by atoms with van der Waals surface area (Å²) in [5.41, 5.74) is 1.11. The number of nitrogens with one attached hydrogen (secondary N) is 2. The molecule has 1 atom stereocenters. The molecular formula is C19H27N3O2. The molecule has 3 rings (SSSR count). The third-order valence-corrected chi connectivity index (χ3v) is 5.10. The number of hydrogen-bond donors (Lipinski definition) is 2. The molecule has 0 bridgehead atoms. The second kappa shape index (κ2) is 8.29. The first-order valence-electron chi connectivity index (χ1n) is 9.08. The Hall–Kier alpha value is -1.88. The van der Waals surface area contributed by atoms with E-state index in [4.69, 9.17) is 0 Å². The largest absolute Gasteiger partial charge is 0.352 e. The van der Waals surface area contributed by atoms with Crippen molar-refractivity contribution in [3.05, 3.63) is 35.9 Å². The van der Waals surface area contributed by atoms with Crippen LogP contribution in [0.2, 0.25) is 0 Å². The molecule has 0 spiro atoms. The molecule has 2 saturated heterocycles. The van der Waals surface area contributed by atoms with Gasteiger partial charge in [-0.25, -0.2) is 0 Å². The zero-order valence-electron chi connectivity index (χ0n) is 14.2. The van der Waals surface area contributed by atoms with Gasteiger partial charge in [-0.05, 0) is 37.8 Å². The Morgan fingerprint density at radius 1 is 1.08 bits per heavy atom. The smallest absolute Gasteiger partial charge is 0.239 e. The highest BCUT2D eigenvalue weighted by molar-refractivity contribution is 5.83. The van der Waals surface area contributed by atoms with Crippen molar-refractivity contribution in [3.8, 4) is 0 Å².